The van der Waals surface area contributed by atoms with Gasteiger partial charge in [-0.3, -0.25) is 4.79 Å². The van der Waals surface area contributed by atoms with E-state index in [-0.39, 0.29) is 25.6 Å². The first-order chi connectivity index (χ1) is 15.7. The monoisotopic (exact) mass is 491 g/mol. The highest BCUT2D eigenvalue weighted by atomic mass is 35.5. The zero-order valence-electron chi connectivity index (χ0n) is 17.2. The van der Waals surface area contributed by atoms with Gasteiger partial charge in [-0.2, -0.15) is 0 Å². The van der Waals surface area contributed by atoms with E-state index in [0.29, 0.717) is 23.4 Å². The molecule has 0 spiro atoms. The molecule has 11 heteroatoms. The third-order valence-electron chi connectivity index (χ3n) is 6.36. The fourth-order valence-electron chi connectivity index (χ4n) is 4.28. The van der Waals surface area contributed by atoms with E-state index in [1.807, 2.05) is 4.57 Å². The second-order valence-corrected chi connectivity index (χ2v) is 10.6. The summed E-state index contributed by atoms with van der Waals surface area (Å²) in [6, 6.07) is 6.22. The molecule has 1 fully saturated rings. The highest BCUT2D eigenvalue weighted by Gasteiger charge is 2.26. The van der Waals surface area contributed by atoms with E-state index in [4.69, 9.17) is 11.6 Å². The second kappa shape index (κ2) is 7.74. The van der Waals surface area contributed by atoms with Gasteiger partial charge in [0.2, 0.25) is 9.84 Å². The quantitative estimate of drug-likeness (QED) is 0.413. The van der Waals surface area contributed by atoms with Gasteiger partial charge in [0.05, 0.1) is 31.2 Å². The van der Waals surface area contributed by atoms with E-state index in [1.54, 1.807) is 12.3 Å². The summed E-state index contributed by atoms with van der Waals surface area (Å²) in [5.41, 5.74) is -2.30. The molecule has 0 bridgehead atoms. The first-order valence-corrected chi connectivity index (χ1v) is 12.2. The zero-order valence-corrected chi connectivity index (χ0v) is 18.8. The van der Waals surface area contributed by atoms with Crippen molar-refractivity contribution in [2.75, 3.05) is 0 Å². The topological polar surface area (TPSA) is 114 Å². The van der Waals surface area contributed by atoms with Crippen LogP contribution in [0, 0.1) is 11.7 Å². The molecule has 1 aliphatic rings. The van der Waals surface area contributed by atoms with Crippen LogP contribution >= 0.6 is 11.6 Å². The first kappa shape index (κ1) is 21.7. The van der Waals surface area contributed by atoms with Crippen LogP contribution in [0.25, 0.3) is 21.8 Å². The van der Waals surface area contributed by atoms with E-state index < -0.39 is 31.8 Å². The summed E-state index contributed by atoms with van der Waals surface area (Å²) in [5.74, 6) is -0.0648. The molecule has 0 radical (unpaired) electrons. The Morgan fingerprint density at radius 3 is 2.64 bits per heavy atom. The number of sulfone groups is 1. The van der Waals surface area contributed by atoms with Crippen molar-refractivity contribution < 1.29 is 18.0 Å². The molecular weight excluding hydrogens is 473 g/mol. The van der Waals surface area contributed by atoms with Gasteiger partial charge in [-0.05, 0) is 42.7 Å². The molecule has 1 aliphatic carbocycles. The number of aryl methyl sites for hydroxylation is 1. The predicted octanol–water partition coefficient (Wildman–Crippen LogP) is 3.70. The highest BCUT2D eigenvalue weighted by Crippen LogP contribution is 2.33. The van der Waals surface area contributed by atoms with Crippen LogP contribution in [0.4, 0.5) is 4.39 Å². The molecule has 2 aromatic carbocycles. The van der Waals surface area contributed by atoms with Gasteiger partial charge in [0.15, 0.2) is 0 Å². The molecule has 5 rings (SSSR count). The van der Waals surface area contributed by atoms with Crippen LogP contribution in [-0.4, -0.2) is 27.9 Å². The molecule has 0 atom stereocenters. The Labute approximate surface area is 191 Å². The smallest absolute Gasteiger partial charge is 0.362 e. The van der Waals surface area contributed by atoms with Crippen molar-refractivity contribution in [1.82, 2.24) is 14.3 Å². The summed E-state index contributed by atoms with van der Waals surface area (Å²) in [6.45, 7) is 0.643. The SMILES string of the molecule is O=c1[nH]c2c(S(=O)(=O)c3cc(F)c4ccn(CCC5CCC5)c4c3)ccc(Cl)c2c(=O)n1O. The summed E-state index contributed by atoms with van der Waals surface area (Å²) in [6.07, 6.45) is 6.22. The van der Waals surface area contributed by atoms with E-state index in [9.17, 15) is 27.6 Å². The highest BCUT2D eigenvalue weighted by molar-refractivity contribution is 7.91. The van der Waals surface area contributed by atoms with Crippen LogP contribution in [0.2, 0.25) is 5.02 Å². The lowest BCUT2D eigenvalue weighted by atomic mass is 9.83. The maximum Gasteiger partial charge on any atom is 0.362 e. The number of nitrogens with one attached hydrogen (secondary N) is 1. The molecule has 0 amide bonds. The van der Waals surface area contributed by atoms with Crippen LogP contribution in [0.5, 0.6) is 0 Å². The number of aromatic amines is 1. The van der Waals surface area contributed by atoms with Crippen molar-refractivity contribution in [2.24, 2.45) is 5.92 Å². The van der Waals surface area contributed by atoms with Gasteiger partial charge in [0.25, 0.3) is 5.56 Å². The molecule has 0 unspecified atom stereocenters. The van der Waals surface area contributed by atoms with Crippen molar-refractivity contribution in [3.05, 3.63) is 68.2 Å². The minimum absolute atomic E-state index is 0.153. The van der Waals surface area contributed by atoms with Crippen molar-refractivity contribution in [3.8, 4) is 0 Å². The number of benzene rings is 2. The molecule has 0 aliphatic heterocycles. The van der Waals surface area contributed by atoms with Crippen LogP contribution in [0.3, 0.4) is 0 Å². The lowest BCUT2D eigenvalue weighted by molar-refractivity contribution is 0.162. The number of nitrogens with zero attached hydrogens (tertiary/aromatic N) is 2. The molecule has 2 heterocycles. The summed E-state index contributed by atoms with van der Waals surface area (Å²) in [5, 5.41) is 9.39. The normalized spacial score (nSPS) is 14.7. The van der Waals surface area contributed by atoms with Crippen molar-refractivity contribution in [3.63, 3.8) is 0 Å². The second-order valence-electron chi connectivity index (χ2n) is 8.28. The standard InChI is InChI=1S/C22H19ClFN3O5S/c23-15-4-5-18(20-19(15)21(28)27(30)22(29)25-20)33(31,32)13-10-16(24)14-7-9-26(17(14)11-13)8-6-12-2-1-3-12/h4-5,7,9-12,30H,1-3,6,8H2,(H,25,29). The molecule has 33 heavy (non-hydrogen) atoms. The third kappa shape index (κ3) is 3.44. The number of fused-ring (bicyclic) bond motifs is 2. The third-order valence-corrected chi connectivity index (χ3v) is 8.45. The van der Waals surface area contributed by atoms with Gasteiger partial charge < -0.3 is 14.8 Å². The van der Waals surface area contributed by atoms with Crippen molar-refractivity contribution in [1.29, 1.82) is 0 Å². The molecule has 2 N–H and O–H groups in total. The Bertz CT molecular complexity index is 1650. The summed E-state index contributed by atoms with van der Waals surface area (Å²) >= 11 is 6.04. The van der Waals surface area contributed by atoms with Crippen molar-refractivity contribution >= 4 is 43.2 Å². The lowest BCUT2D eigenvalue weighted by Crippen LogP contribution is -2.33. The Morgan fingerprint density at radius 2 is 1.94 bits per heavy atom. The molecule has 4 aromatic rings. The van der Waals surface area contributed by atoms with Gasteiger partial charge in [0.1, 0.15) is 5.82 Å². The average Bonchev–Trinajstić information content (AvgIpc) is 3.14. The van der Waals surface area contributed by atoms with E-state index in [1.165, 1.54) is 31.4 Å². The van der Waals surface area contributed by atoms with Gasteiger partial charge in [-0.15, -0.1) is 0 Å². The largest absolute Gasteiger partial charge is 0.421 e. The maximum atomic E-state index is 14.9. The summed E-state index contributed by atoms with van der Waals surface area (Å²) in [4.78, 5) is 25.7. The first-order valence-electron chi connectivity index (χ1n) is 10.4. The van der Waals surface area contributed by atoms with Crippen LogP contribution in [0.15, 0.2) is 55.9 Å². The Hall–Kier alpha value is -3.11. The number of aromatic nitrogens is 3. The zero-order chi connectivity index (χ0) is 23.5. The van der Waals surface area contributed by atoms with E-state index >= 15 is 0 Å². The lowest BCUT2D eigenvalue weighted by Gasteiger charge is -2.25. The Morgan fingerprint density at radius 1 is 1.18 bits per heavy atom. The van der Waals surface area contributed by atoms with Gasteiger partial charge in [0, 0.05) is 18.1 Å². The average molecular weight is 492 g/mol. The van der Waals surface area contributed by atoms with Gasteiger partial charge in [-0.25, -0.2) is 17.6 Å². The number of rotatable bonds is 5. The minimum atomic E-state index is -4.37. The fraction of sp³-hybridized carbons (Fsp3) is 0.273. The number of H-pyrrole nitrogens is 1. The summed E-state index contributed by atoms with van der Waals surface area (Å²) in [7, 11) is -4.37. The van der Waals surface area contributed by atoms with E-state index in [0.717, 1.165) is 18.6 Å². The summed E-state index contributed by atoms with van der Waals surface area (Å²) < 4.78 is 43.6. The molecule has 8 nitrogen and oxygen atoms in total. The Balaban J connectivity index is 1.68. The van der Waals surface area contributed by atoms with E-state index in [2.05, 4.69) is 4.98 Å². The molecule has 2 aromatic heterocycles. The number of hydrogen-bond acceptors (Lipinski definition) is 5. The van der Waals surface area contributed by atoms with Crippen molar-refractivity contribution in [2.45, 2.75) is 42.0 Å². The fourth-order valence-corrected chi connectivity index (χ4v) is 5.97. The predicted molar refractivity (Wildman–Crippen MR) is 120 cm³/mol. The van der Waals surface area contributed by atoms with Crippen LogP contribution in [0.1, 0.15) is 25.7 Å². The number of hydrogen-bond donors (Lipinski definition) is 2. The maximum absolute atomic E-state index is 14.9. The molecule has 172 valence electrons. The van der Waals surface area contributed by atoms with Crippen LogP contribution in [-0.2, 0) is 16.4 Å². The molecule has 0 saturated heterocycles. The Kier molecular flexibility index (Phi) is 5.09. The van der Waals surface area contributed by atoms with Crippen LogP contribution < -0.4 is 11.2 Å². The molecule has 1 saturated carbocycles. The van der Waals surface area contributed by atoms with Gasteiger partial charge >= 0.3 is 5.69 Å². The minimum Gasteiger partial charge on any atom is -0.421 e. The molecular formula is C22H19ClFN3O5S. The number of halogens is 2. The van der Waals surface area contributed by atoms with Gasteiger partial charge in [-0.1, -0.05) is 35.6 Å².